The lowest BCUT2D eigenvalue weighted by Gasteiger charge is -2.18. The van der Waals surface area contributed by atoms with Crippen LogP contribution in [0.4, 0.5) is 10.1 Å². The SMILES string of the molecule is CC1=NN(c2ccc(C(=O)N3CCC(F)(C(=O)O)C3)cc2)CC1. The van der Waals surface area contributed by atoms with E-state index in [2.05, 4.69) is 5.10 Å². The second-order valence-electron chi connectivity index (χ2n) is 6.00. The number of aliphatic carboxylic acids is 1. The predicted molar refractivity (Wildman–Crippen MR) is 83.5 cm³/mol. The Balaban J connectivity index is 1.70. The number of carbonyl (C=O) groups is 2. The van der Waals surface area contributed by atoms with Gasteiger partial charge in [0.25, 0.3) is 5.91 Å². The van der Waals surface area contributed by atoms with E-state index in [4.69, 9.17) is 5.11 Å². The second kappa shape index (κ2) is 5.64. The Hall–Kier alpha value is -2.44. The molecule has 1 unspecified atom stereocenters. The third-order valence-electron chi connectivity index (χ3n) is 4.28. The van der Waals surface area contributed by atoms with E-state index in [-0.39, 0.29) is 18.9 Å². The van der Waals surface area contributed by atoms with Crippen molar-refractivity contribution in [3.63, 3.8) is 0 Å². The highest BCUT2D eigenvalue weighted by Crippen LogP contribution is 2.28. The Kier molecular flexibility index (Phi) is 3.79. The number of hydrazone groups is 1. The topological polar surface area (TPSA) is 73.2 Å². The lowest BCUT2D eigenvalue weighted by molar-refractivity contribution is -0.149. The number of carbonyl (C=O) groups excluding carboxylic acids is 1. The van der Waals surface area contributed by atoms with Crippen molar-refractivity contribution in [3.05, 3.63) is 29.8 Å². The van der Waals surface area contributed by atoms with Crippen LogP contribution >= 0.6 is 0 Å². The van der Waals surface area contributed by atoms with Crippen LogP contribution in [0, 0.1) is 0 Å². The van der Waals surface area contributed by atoms with Crippen molar-refractivity contribution in [3.8, 4) is 0 Å². The summed E-state index contributed by atoms with van der Waals surface area (Å²) in [5.41, 5.74) is 0.0425. The van der Waals surface area contributed by atoms with Gasteiger partial charge in [-0.3, -0.25) is 9.80 Å². The van der Waals surface area contributed by atoms with Crippen molar-refractivity contribution in [1.82, 2.24) is 4.90 Å². The van der Waals surface area contributed by atoms with Gasteiger partial charge in [0.1, 0.15) is 0 Å². The molecule has 0 bridgehead atoms. The normalized spacial score (nSPS) is 24.0. The Labute approximate surface area is 133 Å². The first kappa shape index (κ1) is 15.5. The van der Waals surface area contributed by atoms with Gasteiger partial charge in [0.2, 0.25) is 5.67 Å². The highest BCUT2D eigenvalue weighted by Gasteiger charge is 2.46. The molecular weight excluding hydrogens is 301 g/mol. The van der Waals surface area contributed by atoms with Crippen LogP contribution in [0.1, 0.15) is 30.1 Å². The van der Waals surface area contributed by atoms with Gasteiger partial charge < -0.3 is 10.0 Å². The number of carboxylic acids is 1. The summed E-state index contributed by atoms with van der Waals surface area (Å²) in [6.45, 7) is 2.49. The van der Waals surface area contributed by atoms with E-state index in [9.17, 15) is 14.0 Å². The molecule has 23 heavy (non-hydrogen) atoms. The van der Waals surface area contributed by atoms with E-state index in [0.717, 1.165) is 24.4 Å². The molecule has 122 valence electrons. The number of alkyl halides is 1. The van der Waals surface area contributed by atoms with E-state index >= 15 is 0 Å². The Morgan fingerprint density at radius 1 is 1.26 bits per heavy atom. The molecule has 0 saturated carbocycles. The van der Waals surface area contributed by atoms with Crippen molar-refractivity contribution in [2.24, 2.45) is 5.10 Å². The van der Waals surface area contributed by atoms with E-state index in [1.807, 2.05) is 11.9 Å². The van der Waals surface area contributed by atoms with Gasteiger partial charge in [-0.25, -0.2) is 9.18 Å². The van der Waals surface area contributed by atoms with Gasteiger partial charge >= 0.3 is 5.97 Å². The molecule has 1 saturated heterocycles. The van der Waals surface area contributed by atoms with Gasteiger partial charge in [-0.05, 0) is 31.2 Å². The quantitative estimate of drug-likeness (QED) is 0.923. The third kappa shape index (κ3) is 2.91. The van der Waals surface area contributed by atoms with Gasteiger partial charge in [0, 0.05) is 37.2 Å². The second-order valence-corrected chi connectivity index (χ2v) is 6.00. The first-order valence-electron chi connectivity index (χ1n) is 7.52. The maximum atomic E-state index is 14.1. The van der Waals surface area contributed by atoms with Crippen LogP contribution in [0.3, 0.4) is 0 Å². The highest BCUT2D eigenvalue weighted by molar-refractivity contribution is 5.95. The van der Waals surface area contributed by atoms with Crippen LogP contribution < -0.4 is 5.01 Å². The van der Waals surface area contributed by atoms with Crippen molar-refractivity contribution < 1.29 is 19.1 Å². The Morgan fingerprint density at radius 3 is 2.48 bits per heavy atom. The fraction of sp³-hybridized carbons (Fsp3) is 0.438. The van der Waals surface area contributed by atoms with Crippen molar-refractivity contribution >= 4 is 23.3 Å². The van der Waals surface area contributed by atoms with Gasteiger partial charge in [-0.15, -0.1) is 0 Å². The zero-order valence-corrected chi connectivity index (χ0v) is 12.8. The number of hydrogen-bond donors (Lipinski definition) is 1. The summed E-state index contributed by atoms with van der Waals surface area (Å²) in [5, 5.41) is 15.2. The molecule has 3 rings (SSSR count). The summed E-state index contributed by atoms with van der Waals surface area (Å²) in [4.78, 5) is 24.5. The number of nitrogens with zero attached hydrogens (tertiary/aromatic N) is 3. The molecule has 1 amide bonds. The number of benzene rings is 1. The fourth-order valence-electron chi connectivity index (χ4n) is 2.84. The largest absolute Gasteiger partial charge is 0.479 e. The minimum atomic E-state index is -2.34. The van der Waals surface area contributed by atoms with E-state index in [1.54, 1.807) is 24.3 Å². The average Bonchev–Trinajstić information content (AvgIpc) is 3.14. The first-order valence-corrected chi connectivity index (χ1v) is 7.52. The van der Waals surface area contributed by atoms with Gasteiger partial charge in [-0.2, -0.15) is 5.10 Å². The number of hydrogen-bond acceptors (Lipinski definition) is 4. The summed E-state index contributed by atoms with van der Waals surface area (Å²) in [7, 11) is 0. The minimum absolute atomic E-state index is 0.110. The van der Waals surface area contributed by atoms with Gasteiger partial charge in [0.15, 0.2) is 0 Å². The predicted octanol–water partition coefficient (Wildman–Crippen LogP) is 1.91. The molecule has 7 heteroatoms. The number of halogens is 1. The number of likely N-dealkylation sites (tertiary alicyclic amines) is 1. The van der Waals surface area contributed by atoms with Crippen LogP contribution in [0.25, 0.3) is 0 Å². The van der Waals surface area contributed by atoms with Crippen LogP contribution in [-0.4, -0.2) is 52.9 Å². The molecular formula is C16H18FN3O3. The maximum absolute atomic E-state index is 14.1. The average molecular weight is 319 g/mol. The summed E-state index contributed by atoms with van der Waals surface area (Å²) in [6, 6.07) is 6.93. The smallest absolute Gasteiger partial charge is 0.343 e. The van der Waals surface area contributed by atoms with Crippen LogP contribution in [0.2, 0.25) is 0 Å². The molecule has 1 aromatic carbocycles. The molecule has 1 atom stereocenters. The molecule has 0 radical (unpaired) electrons. The molecule has 0 aliphatic carbocycles. The number of carboxylic acid groups (broad SMARTS) is 1. The molecule has 2 aliphatic heterocycles. The molecule has 1 N–H and O–H groups in total. The van der Waals surface area contributed by atoms with E-state index < -0.39 is 18.2 Å². The number of anilines is 1. The van der Waals surface area contributed by atoms with Crippen molar-refractivity contribution in [1.29, 1.82) is 0 Å². The fourth-order valence-corrected chi connectivity index (χ4v) is 2.84. The van der Waals surface area contributed by atoms with Crippen molar-refractivity contribution in [2.75, 3.05) is 24.6 Å². The molecule has 0 aromatic heterocycles. The monoisotopic (exact) mass is 319 g/mol. The highest BCUT2D eigenvalue weighted by atomic mass is 19.1. The first-order chi connectivity index (χ1) is 10.9. The lowest BCUT2D eigenvalue weighted by Crippen LogP contribution is -2.38. The summed E-state index contributed by atoms with van der Waals surface area (Å²) in [6.07, 6.45) is 0.746. The lowest BCUT2D eigenvalue weighted by atomic mass is 10.1. The van der Waals surface area contributed by atoms with Gasteiger partial charge in [0.05, 0.1) is 12.2 Å². The molecule has 6 nitrogen and oxygen atoms in total. The van der Waals surface area contributed by atoms with E-state index in [0.29, 0.717) is 5.56 Å². The zero-order chi connectivity index (χ0) is 16.6. The maximum Gasteiger partial charge on any atom is 0.343 e. The van der Waals surface area contributed by atoms with Crippen molar-refractivity contribution in [2.45, 2.75) is 25.4 Å². The standard InChI is InChI=1S/C16H18FN3O3/c1-11-6-8-20(18-11)13-4-2-12(3-5-13)14(21)19-9-7-16(17,10-19)15(22)23/h2-5H,6-10H2,1H3,(H,22,23). The molecule has 2 heterocycles. The number of rotatable bonds is 3. The zero-order valence-electron chi connectivity index (χ0n) is 12.8. The van der Waals surface area contributed by atoms with Gasteiger partial charge in [-0.1, -0.05) is 0 Å². The van der Waals surface area contributed by atoms with Crippen LogP contribution in [0.15, 0.2) is 29.4 Å². The van der Waals surface area contributed by atoms with E-state index in [1.165, 1.54) is 4.90 Å². The summed E-state index contributed by atoms with van der Waals surface area (Å²) in [5.74, 6) is -1.86. The van der Waals surface area contributed by atoms with Crippen LogP contribution in [-0.2, 0) is 4.79 Å². The Morgan fingerprint density at radius 2 is 1.96 bits per heavy atom. The minimum Gasteiger partial charge on any atom is -0.479 e. The molecule has 0 spiro atoms. The molecule has 2 aliphatic rings. The third-order valence-corrected chi connectivity index (χ3v) is 4.28. The Bertz CT molecular complexity index is 674. The molecule has 1 fully saturated rings. The van der Waals surface area contributed by atoms with Crippen LogP contribution in [0.5, 0.6) is 0 Å². The molecule has 1 aromatic rings. The summed E-state index contributed by atoms with van der Waals surface area (Å²) < 4.78 is 14.1. The summed E-state index contributed by atoms with van der Waals surface area (Å²) >= 11 is 0. The number of amides is 1.